The Hall–Kier alpha value is -1.60. The molecule has 8 atom stereocenters. The summed E-state index contributed by atoms with van der Waals surface area (Å²) < 4.78 is 0. The molecule has 0 aliphatic heterocycles. The Kier molecular flexibility index (Phi) is 7.43. The molecule has 2 fully saturated rings. The standard InChI is InChI=1S/C37H54Si/c1-10-11-12-15-25-22-34(31-17-14-13-16-28(25)31)38(8,9)35-32-23-26(36(2,3)4)18-20-29(32)30-21-19-27(24-33(30)35)37(5,6)7/h10,13-14,16-21,23-25,28-35H,1,11-12,15,22H2,2-9H3. The molecule has 0 heterocycles. The predicted molar refractivity (Wildman–Crippen MR) is 170 cm³/mol. The Bertz CT molecular complexity index is 1040. The van der Waals surface area contributed by atoms with Gasteiger partial charge in [-0.3, -0.25) is 0 Å². The second-order valence-electron chi connectivity index (χ2n) is 15.9. The highest BCUT2D eigenvalue weighted by molar-refractivity contribution is 6.80. The quantitative estimate of drug-likeness (QED) is 0.183. The van der Waals surface area contributed by atoms with Crippen molar-refractivity contribution in [2.75, 3.05) is 0 Å². The van der Waals surface area contributed by atoms with Crippen molar-refractivity contribution >= 4 is 8.07 Å². The van der Waals surface area contributed by atoms with Crippen molar-refractivity contribution in [3.8, 4) is 0 Å². The lowest BCUT2D eigenvalue weighted by Crippen LogP contribution is -2.44. The number of fused-ring (bicyclic) bond motifs is 4. The average Bonchev–Trinajstić information content (AvgIpc) is 3.39. The van der Waals surface area contributed by atoms with E-state index >= 15 is 0 Å². The number of allylic oxidation sites excluding steroid dienone is 13. The molecule has 5 aliphatic carbocycles. The van der Waals surface area contributed by atoms with E-state index in [0.717, 1.165) is 35.3 Å². The third-order valence-electron chi connectivity index (χ3n) is 11.2. The normalized spacial score (nSPS) is 37.9. The fraction of sp³-hybridized carbons (Fsp3) is 0.622. The van der Waals surface area contributed by atoms with Crippen LogP contribution in [-0.4, -0.2) is 8.07 Å². The van der Waals surface area contributed by atoms with Crippen molar-refractivity contribution in [2.24, 2.45) is 52.3 Å². The maximum atomic E-state index is 4.00. The van der Waals surface area contributed by atoms with Gasteiger partial charge >= 0.3 is 0 Å². The van der Waals surface area contributed by atoms with Crippen molar-refractivity contribution in [1.82, 2.24) is 0 Å². The Morgan fingerprint density at radius 2 is 1.29 bits per heavy atom. The molecule has 5 rings (SSSR count). The van der Waals surface area contributed by atoms with E-state index < -0.39 is 8.07 Å². The fourth-order valence-corrected chi connectivity index (χ4v) is 14.5. The molecule has 0 saturated heterocycles. The van der Waals surface area contributed by atoms with E-state index in [1.165, 1.54) is 19.3 Å². The summed E-state index contributed by atoms with van der Waals surface area (Å²) in [6, 6.07) is 0. The molecule has 0 amide bonds. The maximum Gasteiger partial charge on any atom is 0.0554 e. The molecule has 0 aromatic rings. The van der Waals surface area contributed by atoms with Crippen LogP contribution in [0.5, 0.6) is 0 Å². The van der Waals surface area contributed by atoms with Gasteiger partial charge in [0.15, 0.2) is 0 Å². The summed E-state index contributed by atoms with van der Waals surface area (Å²) in [5.41, 5.74) is 5.19. The van der Waals surface area contributed by atoms with Gasteiger partial charge in [0.25, 0.3) is 0 Å². The van der Waals surface area contributed by atoms with E-state index in [4.69, 9.17) is 0 Å². The first-order chi connectivity index (χ1) is 17.8. The summed E-state index contributed by atoms with van der Waals surface area (Å²) in [7, 11) is -1.69. The second kappa shape index (κ2) is 10.1. The lowest BCUT2D eigenvalue weighted by Gasteiger charge is -2.45. The van der Waals surface area contributed by atoms with Crippen LogP contribution in [-0.2, 0) is 0 Å². The molecular weight excluding hydrogens is 472 g/mol. The van der Waals surface area contributed by atoms with E-state index in [1.54, 1.807) is 11.1 Å². The minimum atomic E-state index is -1.69. The smallest absolute Gasteiger partial charge is 0.0554 e. The second-order valence-corrected chi connectivity index (χ2v) is 20.9. The number of rotatable bonds is 6. The van der Waals surface area contributed by atoms with Gasteiger partial charge in [0.1, 0.15) is 0 Å². The van der Waals surface area contributed by atoms with E-state index in [-0.39, 0.29) is 10.8 Å². The largest absolute Gasteiger partial charge is 0.103 e. The minimum Gasteiger partial charge on any atom is -0.103 e. The molecule has 38 heavy (non-hydrogen) atoms. The van der Waals surface area contributed by atoms with Gasteiger partial charge in [-0.2, -0.15) is 0 Å². The van der Waals surface area contributed by atoms with Gasteiger partial charge in [0.2, 0.25) is 0 Å². The lowest BCUT2D eigenvalue weighted by atomic mass is 9.74. The van der Waals surface area contributed by atoms with Gasteiger partial charge in [-0.15, -0.1) is 6.58 Å². The van der Waals surface area contributed by atoms with E-state index in [1.807, 2.05) is 0 Å². The number of hydrogen-bond acceptors (Lipinski definition) is 0. The Labute approximate surface area is 235 Å². The molecule has 5 aliphatic rings. The number of hydrogen-bond donors (Lipinski definition) is 0. The first kappa shape index (κ1) is 27.9. The third-order valence-corrected chi connectivity index (χ3v) is 16.2. The van der Waals surface area contributed by atoms with Gasteiger partial charge in [-0.1, -0.05) is 121 Å². The molecule has 0 N–H and O–H groups in total. The van der Waals surface area contributed by atoms with Crippen LogP contribution in [0.3, 0.4) is 0 Å². The summed E-state index contributed by atoms with van der Waals surface area (Å²) in [5.74, 6) is 4.97. The molecule has 0 aromatic heterocycles. The van der Waals surface area contributed by atoms with Crippen LogP contribution in [0.4, 0.5) is 0 Å². The molecule has 8 unspecified atom stereocenters. The molecular formula is C37H54Si. The molecule has 0 bridgehead atoms. The van der Waals surface area contributed by atoms with Crippen LogP contribution >= 0.6 is 0 Å². The topological polar surface area (TPSA) is 0 Å². The van der Waals surface area contributed by atoms with E-state index in [0.29, 0.717) is 23.7 Å². The minimum absolute atomic E-state index is 0.208. The maximum absolute atomic E-state index is 4.00. The van der Waals surface area contributed by atoms with Crippen LogP contribution in [0.25, 0.3) is 0 Å². The summed E-state index contributed by atoms with van der Waals surface area (Å²) in [4.78, 5) is 0. The first-order valence-corrected chi connectivity index (χ1v) is 18.8. The summed E-state index contributed by atoms with van der Waals surface area (Å²) >= 11 is 0. The Morgan fingerprint density at radius 1 is 0.763 bits per heavy atom. The van der Waals surface area contributed by atoms with Crippen molar-refractivity contribution in [1.29, 1.82) is 0 Å². The summed E-state index contributed by atoms with van der Waals surface area (Å²) in [6.07, 6.45) is 33.1. The van der Waals surface area contributed by atoms with Crippen LogP contribution in [0.1, 0.15) is 67.2 Å². The zero-order valence-electron chi connectivity index (χ0n) is 25.6. The van der Waals surface area contributed by atoms with Crippen molar-refractivity contribution in [3.63, 3.8) is 0 Å². The van der Waals surface area contributed by atoms with Gasteiger partial charge < -0.3 is 0 Å². The van der Waals surface area contributed by atoms with Crippen molar-refractivity contribution in [3.05, 3.63) is 84.6 Å². The molecule has 206 valence electrons. The lowest BCUT2D eigenvalue weighted by molar-refractivity contribution is 0.385. The third kappa shape index (κ3) is 4.91. The van der Waals surface area contributed by atoms with Crippen molar-refractivity contribution < 1.29 is 0 Å². The van der Waals surface area contributed by atoms with Gasteiger partial charge in [0, 0.05) is 0 Å². The fourth-order valence-electron chi connectivity index (χ4n) is 9.18. The average molecular weight is 527 g/mol. The SMILES string of the molecule is C=CCCCC1CC([Si](C)(C)C2C3C=C(C(C)(C)C)C=CC3C3C=CC(C(C)(C)C)=CC32)C2C=CC=CC12. The van der Waals surface area contributed by atoms with Gasteiger partial charge in [-0.25, -0.2) is 0 Å². The zero-order valence-corrected chi connectivity index (χ0v) is 26.6. The van der Waals surface area contributed by atoms with E-state index in [9.17, 15) is 0 Å². The molecule has 0 nitrogen and oxygen atoms in total. The van der Waals surface area contributed by atoms with Crippen LogP contribution in [0, 0.1) is 52.3 Å². The molecule has 0 aromatic carbocycles. The molecule has 1 heteroatoms. The number of unbranched alkanes of at least 4 members (excludes halogenated alkanes) is 1. The van der Waals surface area contributed by atoms with E-state index in [2.05, 4.69) is 128 Å². The molecule has 2 saturated carbocycles. The van der Waals surface area contributed by atoms with Crippen LogP contribution in [0.15, 0.2) is 84.6 Å². The molecule has 0 radical (unpaired) electrons. The van der Waals surface area contributed by atoms with Crippen molar-refractivity contribution in [2.45, 2.75) is 91.4 Å². The monoisotopic (exact) mass is 526 g/mol. The Morgan fingerprint density at radius 3 is 1.79 bits per heavy atom. The molecule has 0 spiro atoms. The summed E-state index contributed by atoms with van der Waals surface area (Å²) in [6.45, 7) is 24.0. The van der Waals surface area contributed by atoms with Crippen LogP contribution in [0.2, 0.25) is 24.2 Å². The zero-order chi connectivity index (χ0) is 27.5. The highest BCUT2D eigenvalue weighted by Crippen LogP contribution is 2.65. The highest BCUT2D eigenvalue weighted by atomic mass is 28.3. The van der Waals surface area contributed by atoms with Gasteiger partial charge in [0.05, 0.1) is 8.07 Å². The Balaban J connectivity index is 1.55. The predicted octanol–water partition coefficient (Wildman–Crippen LogP) is 10.7. The highest BCUT2D eigenvalue weighted by Gasteiger charge is 2.59. The summed E-state index contributed by atoms with van der Waals surface area (Å²) in [5, 5.41) is 0. The first-order valence-electron chi connectivity index (χ1n) is 15.6. The van der Waals surface area contributed by atoms with Gasteiger partial charge in [-0.05, 0) is 100 Å². The van der Waals surface area contributed by atoms with Crippen LogP contribution < -0.4 is 0 Å².